The van der Waals surface area contributed by atoms with Gasteiger partial charge in [0.05, 0.1) is 5.41 Å². The molecule has 3 N–H and O–H groups in total. The van der Waals surface area contributed by atoms with Crippen LogP contribution in [0.25, 0.3) is 0 Å². The zero-order chi connectivity index (χ0) is 14.8. The smallest absolute Gasteiger partial charge is 0.326 e. The highest BCUT2D eigenvalue weighted by Gasteiger charge is 2.45. The van der Waals surface area contributed by atoms with Crippen LogP contribution >= 0.6 is 0 Å². The van der Waals surface area contributed by atoms with E-state index in [0.717, 1.165) is 38.5 Å². The second kappa shape index (κ2) is 6.12. The fourth-order valence-corrected chi connectivity index (χ4v) is 3.56. The lowest BCUT2D eigenvalue weighted by atomic mass is 9.69. The Labute approximate surface area is 120 Å². The van der Waals surface area contributed by atoms with Crippen molar-refractivity contribution >= 4 is 11.9 Å². The number of amides is 1. The highest BCUT2D eigenvalue weighted by Crippen LogP contribution is 2.40. The monoisotopic (exact) mass is 282 g/mol. The zero-order valence-corrected chi connectivity index (χ0v) is 12.3. The van der Waals surface area contributed by atoms with Gasteiger partial charge in [0.1, 0.15) is 6.04 Å². The number of piperidine rings is 1. The van der Waals surface area contributed by atoms with Crippen LogP contribution in [-0.4, -0.2) is 41.0 Å². The van der Waals surface area contributed by atoms with Gasteiger partial charge < -0.3 is 15.7 Å². The molecule has 1 saturated carbocycles. The van der Waals surface area contributed by atoms with Crippen molar-refractivity contribution in [3.05, 3.63) is 0 Å². The number of hydrogen-bond donors (Lipinski definition) is 2. The van der Waals surface area contributed by atoms with Crippen LogP contribution in [0.1, 0.15) is 51.9 Å². The number of likely N-dealkylation sites (tertiary alicyclic amines) is 1. The number of nitrogens with two attached hydrogens (primary N) is 1. The molecule has 1 aliphatic heterocycles. The van der Waals surface area contributed by atoms with E-state index in [4.69, 9.17) is 5.73 Å². The van der Waals surface area contributed by atoms with Crippen LogP contribution in [0.15, 0.2) is 0 Å². The van der Waals surface area contributed by atoms with Crippen LogP contribution in [-0.2, 0) is 9.59 Å². The lowest BCUT2D eigenvalue weighted by Gasteiger charge is -2.43. The van der Waals surface area contributed by atoms with Crippen molar-refractivity contribution in [2.45, 2.75) is 57.9 Å². The molecule has 2 fully saturated rings. The van der Waals surface area contributed by atoms with E-state index < -0.39 is 17.4 Å². The fraction of sp³-hybridized carbons (Fsp3) is 0.867. The first-order valence-corrected chi connectivity index (χ1v) is 7.74. The number of hydrogen-bond acceptors (Lipinski definition) is 3. The number of carboxylic acid groups (broad SMARTS) is 1. The predicted octanol–water partition coefficient (Wildman–Crippen LogP) is 1.61. The lowest BCUT2D eigenvalue weighted by Crippen LogP contribution is -2.56. The van der Waals surface area contributed by atoms with Crippen LogP contribution < -0.4 is 5.73 Å². The third-order valence-corrected chi connectivity index (χ3v) is 5.12. The minimum Gasteiger partial charge on any atom is -0.480 e. The van der Waals surface area contributed by atoms with Crippen molar-refractivity contribution in [1.82, 2.24) is 4.90 Å². The number of nitrogens with zero attached hydrogens (tertiary/aromatic N) is 1. The van der Waals surface area contributed by atoms with Crippen molar-refractivity contribution in [2.24, 2.45) is 17.1 Å². The first kappa shape index (κ1) is 15.3. The Morgan fingerprint density at radius 3 is 2.45 bits per heavy atom. The molecule has 0 spiro atoms. The van der Waals surface area contributed by atoms with Crippen molar-refractivity contribution in [3.63, 3.8) is 0 Å². The molecule has 0 bridgehead atoms. The summed E-state index contributed by atoms with van der Waals surface area (Å²) in [4.78, 5) is 25.9. The molecule has 20 heavy (non-hydrogen) atoms. The molecule has 0 aromatic carbocycles. The fourth-order valence-electron chi connectivity index (χ4n) is 3.56. The Morgan fingerprint density at radius 2 is 1.90 bits per heavy atom. The van der Waals surface area contributed by atoms with Gasteiger partial charge in [-0.15, -0.1) is 0 Å². The summed E-state index contributed by atoms with van der Waals surface area (Å²) in [6.07, 6.45) is 5.96. The number of rotatable bonds is 3. The number of carbonyl (C=O) groups excluding carboxylic acids is 1. The van der Waals surface area contributed by atoms with E-state index in [1.165, 1.54) is 0 Å². The lowest BCUT2D eigenvalue weighted by molar-refractivity contribution is -0.158. The van der Waals surface area contributed by atoms with Gasteiger partial charge in [-0.1, -0.05) is 6.92 Å². The van der Waals surface area contributed by atoms with Gasteiger partial charge in [0, 0.05) is 13.1 Å². The molecule has 5 heteroatoms. The SMILES string of the molecule is CC1CCC(CN)(C(=O)N2CCCCC2C(=O)O)CC1. The summed E-state index contributed by atoms with van der Waals surface area (Å²) in [7, 11) is 0. The predicted molar refractivity (Wildman–Crippen MR) is 76.1 cm³/mol. The maximum Gasteiger partial charge on any atom is 0.326 e. The maximum absolute atomic E-state index is 12.9. The van der Waals surface area contributed by atoms with Crippen LogP contribution in [0, 0.1) is 11.3 Å². The second-order valence-corrected chi connectivity index (χ2v) is 6.52. The van der Waals surface area contributed by atoms with Gasteiger partial charge in [-0.25, -0.2) is 4.79 Å². The minimum atomic E-state index is -0.880. The summed E-state index contributed by atoms with van der Waals surface area (Å²) in [6, 6.07) is -0.654. The molecule has 1 atom stereocenters. The molecule has 2 aliphatic rings. The van der Waals surface area contributed by atoms with Gasteiger partial charge in [-0.05, 0) is 50.9 Å². The molecule has 0 aromatic rings. The molecule has 0 radical (unpaired) electrons. The summed E-state index contributed by atoms with van der Waals surface area (Å²) in [5, 5.41) is 9.33. The van der Waals surface area contributed by atoms with Gasteiger partial charge in [-0.3, -0.25) is 4.79 Å². The first-order valence-electron chi connectivity index (χ1n) is 7.74. The molecule has 1 amide bonds. The van der Waals surface area contributed by atoms with E-state index in [0.29, 0.717) is 25.4 Å². The molecule has 5 nitrogen and oxygen atoms in total. The normalized spacial score (nSPS) is 34.8. The third kappa shape index (κ3) is 2.82. The van der Waals surface area contributed by atoms with Gasteiger partial charge in [0.25, 0.3) is 0 Å². The molecule has 0 aromatic heterocycles. The summed E-state index contributed by atoms with van der Waals surface area (Å²) in [5.74, 6) is -0.257. The summed E-state index contributed by atoms with van der Waals surface area (Å²) >= 11 is 0. The quantitative estimate of drug-likeness (QED) is 0.823. The zero-order valence-electron chi connectivity index (χ0n) is 12.3. The average molecular weight is 282 g/mol. The Kier molecular flexibility index (Phi) is 4.68. The summed E-state index contributed by atoms with van der Waals surface area (Å²) in [5.41, 5.74) is 5.40. The topological polar surface area (TPSA) is 83.6 Å². The van der Waals surface area contributed by atoms with Gasteiger partial charge in [0.15, 0.2) is 0 Å². The standard InChI is InChI=1S/C15H26N2O3/c1-11-5-7-15(10-16,8-6-11)14(20)17-9-3-2-4-12(17)13(18)19/h11-12H,2-10,16H2,1H3,(H,18,19). The number of carboxylic acids is 1. The largest absolute Gasteiger partial charge is 0.480 e. The highest BCUT2D eigenvalue weighted by molar-refractivity contribution is 5.88. The van der Waals surface area contributed by atoms with E-state index in [1.807, 2.05) is 0 Å². The Hall–Kier alpha value is -1.10. The number of aliphatic carboxylic acids is 1. The van der Waals surface area contributed by atoms with Crippen LogP contribution in [0.2, 0.25) is 0 Å². The number of carbonyl (C=O) groups is 2. The molecule has 114 valence electrons. The molecule has 1 heterocycles. The molecular weight excluding hydrogens is 256 g/mol. The van der Waals surface area contributed by atoms with Crippen molar-refractivity contribution in [1.29, 1.82) is 0 Å². The molecule has 1 aliphatic carbocycles. The highest BCUT2D eigenvalue weighted by atomic mass is 16.4. The van der Waals surface area contributed by atoms with Crippen molar-refractivity contribution in [2.75, 3.05) is 13.1 Å². The Bertz CT molecular complexity index is 375. The Morgan fingerprint density at radius 1 is 1.25 bits per heavy atom. The third-order valence-electron chi connectivity index (χ3n) is 5.12. The first-order chi connectivity index (χ1) is 9.50. The molecule has 2 rings (SSSR count). The van der Waals surface area contributed by atoms with Crippen molar-refractivity contribution < 1.29 is 14.7 Å². The molecule has 1 unspecified atom stereocenters. The van der Waals surface area contributed by atoms with Crippen LogP contribution in [0.5, 0.6) is 0 Å². The van der Waals surface area contributed by atoms with E-state index in [-0.39, 0.29) is 5.91 Å². The van der Waals surface area contributed by atoms with Crippen LogP contribution in [0.3, 0.4) is 0 Å². The van der Waals surface area contributed by atoms with E-state index in [1.54, 1.807) is 4.90 Å². The van der Waals surface area contributed by atoms with E-state index >= 15 is 0 Å². The molecule has 1 saturated heterocycles. The van der Waals surface area contributed by atoms with E-state index in [9.17, 15) is 14.7 Å². The molecular formula is C15H26N2O3. The second-order valence-electron chi connectivity index (χ2n) is 6.52. The van der Waals surface area contributed by atoms with Gasteiger partial charge in [-0.2, -0.15) is 0 Å². The van der Waals surface area contributed by atoms with Gasteiger partial charge in [0.2, 0.25) is 5.91 Å². The van der Waals surface area contributed by atoms with E-state index in [2.05, 4.69) is 6.92 Å². The average Bonchev–Trinajstić information content (AvgIpc) is 2.47. The maximum atomic E-state index is 12.9. The minimum absolute atomic E-state index is 0.0148. The van der Waals surface area contributed by atoms with Gasteiger partial charge >= 0.3 is 5.97 Å². The van der Waals surface area contributed by atoms with Crippen molar-refractivity contribution in [3.8, 4) is 0 Å². The van der Waals surface area contributed by atoms with Crippen LogP contribution in [0.4, 0.5) is 0 Å². The Balaban J connectivity index is 2.16. The summed E-state index contributed by atoms with van der Waals surface area (Å²) < 4.78 is 0. The summed E-state index contributed by atoms with van der Waals surface area (Å²) in [6.45, 7) is 3.10.